The van der Waals surface area contributed by atoms with Crippen LogP contribution in [0.3, 0.4) is 0 Å². The fraction of sp³-hybridized carbons (Fsp3) is 0.407. The molecular formula is C27H32N6O3S. The zero-order valence-electron chi connectivity index (χ0n) is 21.6. The van der Waals surface area contributed by atoms with E-state index in [1.54, 1.807) is 38.5 Å². The first-order valence-electron chi connectivity index (χ1n) is 12.3. The monoisotopic (exact) mass is 520 g/mol. The molecule has 0 amide bonds. The van der Waals surface area contributed by atoms with Crippen molar-refractivity contribution < 1.29 is 14.9 Å². The van der Waals surface area contributed by atoms with Gasteiger partial charge in [-0.25, -0.2) is 9.97 Å². The van der Waals surface area contributed by atoms with E-state index in [1.807, 2.05) is 50.2 Å². The topological polar surface area (TPSA) is 125 Å². The molecule has 0 spiro atoms. The molecule has 3 heterocycles. The third-order valence-corrected chi connectivity index (χ3v) is 7.88. The lowest BCUT2D eigenvalue weighted by atomic mass is 9.88. The first kappa shape index (κ1) is 25.5. The minimum absolute atomic E-state index is 0.280. The number of hydrogen-bond donors (Lipinski definition) is 4. The van der Waals surface area contributed by atoms with Crippen LogP contribution in [0, 0.1) is 19.8 Å². The lowest BCUT2D eigenvalue weighted by Crippen LogP contribution is -2.41. The maximum Gasteiger partial charge on any atom is 0.229 e. The molecule has 37 heavy (non-hydrogen) atoms. The number of ether oxygens (including phenoxy) is 1. The number of para-hydroxylation sites is 1. The van der Waals surface area contributed by atoms with Gasteiger partial charge < -0.3 is 25.6 Å². The van der Waals surface area contributed by atoms with E-state index in [9.17, 15) is 10.2 Å². The Labute approximate surface area is 220 Å². The number of rotatable bonds is 7. The number of nitrogens with one attached hydrogen (secondary N) is 2. The molecule has 0 aliphatic heterocycles. The fourth-order valence-electron chi connectivity index (χ4n) is 5.07. The third-order valence-electron chi connectivity index (χ3n) is 6.81. The second-order valence-corrected chi connectivity index (χ2v) is 11.2. The van der Waals surface area contributed by atoms with Crippen molar-refractivity contribution in [1.29, 1.82) is 0 Å². The molecule has 1 aliphatic carbocycles. The van der Waals surface area contributed by atoms with Gasteiger partial charge in [-0.05, 0) is 58.4 Å². The Morgan fingerprint density at radius 3 is 2.49 bits per heavy atom. The van der Waals surface area contributed by atoms with Crippen molar-refractivity contribution in [2.45, 2.75) is 58.0 Å². The Kier molecular flexibility index (Phi) is 6.84. The number of benzene rings is 1. The first-order chi connectivity index (χ1) is 17.6. The molecule has 4 unspecified atom stereocenters. The van der Waals surface area contributed by atoms with Crippen molar-refractivity contribution in [3.8, 4) is 10.6 Å². The lowest BCUT2D eigenvalue weighted by molar-refractivity contribution is -0.0696. The Hall–Kier alpha value is -3.18. The average molecular weight is 521 g/mol. The van der Waals surface area contributed by atoms with Crippen molar-refractivity contribution >= 4 is 39.0 Å². The summed E-state index contributed by atoms with van der Waals surface area (Å²) in [5, 5.41) is 29.2. The number of aliphatic hydroxyl groups is 2. The van der Waals surface area contributed by atoms with E-state index in [2.05, 4.69) is 20.6 Å². The molecule has 0 radical (unpaired) electrons. The molecule has 10 heteroatoms. The molecule has 9 nitrogen and oxygen atoms in total. The van der Waals surface area contributed by atoms with Crippen LogP contribution in [-0.4, -0.2) is 61.1 Å². The number of aliphatic hydroxyl groups excluding tert-OH is 1. The Morgan fingerprint density at radius 2 is 1.81 bits per heavy atom. The van der Waals surface area contributed by atoms with E-state index < -0.39 is 17.8 Å². The highest BCUT2D eigenvalue weighted by Gasteiger charge is 2.48. The van der Waals surface area contributed by atoms with Crippen molar-refractivity contribution in [2.75, 3.05) is 17.7 Å². The van der Waals surface area contributed by atoms with Gasteiger partial charge >= 0.3 is 0 Å². The fourth-order valence-corrected chi connectivity index (χ4v) is 6.05. The van der Waals surface area contributed by atoms with Crippen LogP contribution in [0.25, 0.3) is 20.8 Å². The van der Waals surface area contributed by atoms with Crippen LogP contribution >= 0.6 is 11.3 Å². The molecule has 0 bridgehead atoms. The summed E-state index contributed by atoms with van der Waals surface area (Å²) in [7, 11) is 1.57. The molecule has 4 N–H and O–H groups in total. The summed E-state index contributed by atoms with van der Waals surface area (Å²) >= 11 is 1.57. The molecule has 0 saturated heterocycles. The number of methoxy groups -OCH3 is 1. The zero-order chi connectivity index (χ0) is 26.3. The van der Waals surface area contributed by atoms with Crippen molar-refractivity contribution in [1.82, 2.24) is 19.9 Å². The van der Waals surface area contributed by atoms with E-state index >= 15 is 0 Å². The quantitative estimate of drug-likeness (QED) is 0.279. The summed E-state index contributed by atoms with van der Waals surface area (Å²) in [4.78, 5) is 18.7. The van der Waals surface area contributed by atoms with Gasteiger partial charge in [0.1, 0.15) is 16.9 Å². The predicted octanol–water partition coefficient (Wildman–Crippen LogP) is 4.46. The number of anilines is 3. The van der Waals surface area contributed by atoms with E-state index in [0.29, 0.717) is 18.2 Å². The van der Waals surface area contributed by atoms with Crippen molar-refractivity contribution in [2.24, 2.45) is 5.92 Å². The molecule has 4 atom stereocenters. The molecule has 4 aromatic rings. The number of nitrogens with zero attached hydrogens (tertiary/aromatic N) is 4. The smallest absolute Gasteiger partial charge is 0.229 e. The number of pyridine rings is 1. The zero-order valence-corrected chi connectivity index (χ0v) is 22.4. The van der Waals surface area contributed by atoms with Gasteiger partial charge in [0.2, 0.25) is 5.95 Å². The summed E-state index contributed by atoms with van der Waals surface area (Å²) in [6.45, 7) is 7.32. The maximum absolute atomic E-state index is 10.9. The van der Waals surface area contributed by atoms with Crippen LogP contribution in [0.15, 0.2) is 42.6 Å². The van der Waals surface area contributed by atoms with Gasteiger partial charge in [-0.15, -0.1) is 11.3 Å². The normalized spacial score (nSPS) is 21.9. The van der Waals surface area contributed by atoms with Gasteiger partial charge in [-0.2, -0.15) is 4.98 Å². The highest BCUT2D eigenvalue weighted by atomic mass is 32.1. The SMILES string of the molecule is COC1C(Nc2nc(Nc3cc(C)nc(C)c3)ncc2-c2nc3ccccc3s2)CC(C(C)(C)O)C1O. The molecule has 1 fully saturated rings. The van der Waals surface area contributed by atoms with Crippen LogP contribution in [0.5, 0.6) is 0 Å². The standard InChI is InChI=1S/C27H32N6O3S/c1-14-10-16(11-15(2)29-14)30-26-28-13-17(25-32-19-8-6-7-9-21(19)37-25)24(33-26)31-20-12-18(27(3,4)35)22(34)23(20)36-5/h6-11,13,18,20,22-23,34-35H,12H2,1-5H3,(H2,28,29,30,31,33). The number of fused-ring (bicyclic) bond motifs is 1. The van der Waals surface area contributed by atoms with E-state index in [1.165, 1.54) is 0 Å². The van der Waals surface area contributed by atoms with Crippen LogP contribution in [-0.2, 0) is 4.74 Å². The van der Waals surface area contributed by atoms with Crippen LogP contribution in [0.1, 0.15) is 31.7 Å². The molecule has 3 aromatic heterocycles. The summed E-state index contributed by atoms with van der Waals surface area (Å²) in [6, 6.07) is 11.6. The Bertz CT molecular complexity index is 1370. The molecule has 5 rings (SSSR count). The van der Waals surface area contributed by atoms with Crippen LogP contribution < -0.4 is 10.6 Å². The molecule has 1 aromatic carbocycles. The van der Waals surface area contributed by atoms with E-state index in [0.717, 1.165) is 37.9 Å². The van der Waals surface area contributed by atoms with Crippen molar-refractivity contribution in [3.05, 3.63) is 54.0 Å². The number of thiazole rings is 1. The third kappa shape index (κ3) is 5.28. The van der Waals surface area contributed by atoms with E-state index in [4.69, 9.17) is 14.7 Å². The molecule has 194 valence electrons. The van der Waals surface area contributed by atoms with Gasteiger partial charge in [-0.3, -0.25) is 4.98 Å². The summed E-state index contributed by atoms with van der Waals surface area (Å²) in [5.74, 6) is 0.640. The van der Waals surface area contributed by atoms with Gasteiger partial charge in [0.05, 0.1) is 33.5 Å². The molecular weight excluding hydrogens is 488 g/mol. The van der Waals surface area contributed by atoms with Gasteiger partial charge in [0.15, 0.2) is 0 Å². The van der Waals surface area contributed by atoms with Crippen LogP contribution in [0.2, 0.25) is 0 Å². The Morgan fingerprint density at radius 1 is 1.08 bits per heavy atom. The van der Waals surface area contributed by atoms with E-state index in [-0.39, 0.29) is 12.0 Å². The average Bonchev–Trinajstić information content (AvgIpc) is 3.39. The number of aromatic nitrogens is 4. The first-order valence-corrected chi connectivity index (χ1v) is 13.1. The highest BCUT2D eigenvalue weighted by molar-refractivity contribution is 7.21. The van der Waals surface area contributed by atoms with Gasteiger partial charge in [-0.1, -0.05) is 12.1 Å². The summed E-state index contributed by atoms with van der Waals surface area (Å²) in [6.07, 6.45) is 0.932. The largest absolute Gasteiger partial charge is 0.390 e. The van der Waals surface area contributed by atoms with Gasteiger partial charge in [0.25, 0.3) is 0 Å². The minimum Gasteiger partial charge on any atom is -0.390 e. The Balaban J connectivity index is 1.54. The molecule has 1 aliphatic rings. The van der Waals surface area contributed by atoms with Gasteiger partial charge in [0, 0.05) is 36.3 Å². The minimum atomic E-state index is -1.06. The predicted molar refractivity (Wildman–Crippen MR) is 146 cm³/mol. The van der Waals surface area contributed by atoms with Crippen LogP contribution in [0.4, 0.5) is 17.5 Å². The second kappa shape index (κ2) is 9.94. The number of hydrogen-bond acceptors (Lipinski definition) is 10. The second-order valence-electron chi connectivity index (χ2n) is 10.1. The maximum atomic E-state index is 10.9. The lowest BCUT2D eigenvalue weighted by Gasteiger charge is -2.28. The summed E-state index contributed by atoms with van der Waals surface area (Å²) in [5.41, 5.74) is 3.24. The molecule has 1 saturated carbocycles. The highest BCUT2D eigenvalue weighted by Crippen LogP contribution is 2.40. The summed E-state index contributed by atoms with van der Waals surface area (Å²) < 4.78 is 6.75. The number of aryl methyl sites for hydroxylation is 2. The van der Waals surface area contributed by atoms with Crippen molar-refractivity contribution in [3.63, 3.8) is 0 Å².